The Bertz CT molecular complexity index is 731. The van der Waals surface area contributed by atoms with E-state index >= 15 is 0 Å². The first-order valence-corrected chi connectivity index (χ1v) is 7.14. The van der Waals surface area contributed by atoms with Gasteiger partial charge >= 0.3 is 0 Å². The van der Waals surface area contributed by atoms with E-state index in [0.717, 1.165) is 12.1 Å². The molecule has 3 nitrogen and oxygen atoms in total. The highest BCUT2D eigenvalue weighted by atomic mass is 32.2. The molecule has 0 aromatic heterocycles. The van der Waals surface area contributed by atoms with Crippen molar-refractivity contribution in [3.05, 3.63) is 65.5 Å². The third kappa shape index (κ3) is 3.18. The molecule has 0 fully saturated rings. The minimum Gasteiger partial charge on any atom is -0.223 e. The largest absolute Gasteiger partial charge is 0.223 e. The molecular formula is C14H10FNO2S. The normalized spacial score (nSPS) is 10.9. The first kappa shape index (κ1) is 13.2. The van der Waals surface area contributed by atoms with E-state index in [1.165, 1.54) is 18.2 Å². The van der Waals surface area contributed by atoms with Gasteiger partial charge in [0.2, 0.25) is 0 Å². The summed E-state index contributed by atoms with van der Waals surface area (Å²) in [5.41, 5.74) is 0.940. The number of halogens is 1. The molecule has 5 heteroatoms. The molecule has 0 radical (unpaired) electrons. The van der Waals surface area contributed by atoms with Gasteiger partial charge in [0.25, 0.3) is 0 Å². The maximum absolute atomic E-state index is 12.8. The highest BCUT2D eigenvalue weighted by molar-refractivity contribution is 7.90. The van der Waals surface area contributed by atoms with Crippen LogP contribution in [0, 0.1) is 17.1 Å². The van der Waals surface area contributed by atoms with Gasteiger partial charge in [0.05, 0.1) is 22.3 Å². The molecule has 0 N–H and O–H groups in total. The van der Waals surface area contributed by atoms with Gasteiger partial charge in [-0.2, -0.15) is 5.26 Å². The molecule has 19 heavy (non-hydrogen) atoms. The molecule has 0 saturated carbocycles. The highest BCUT2D eigenvalue weighted by Gasteiger charge is 2.15. The van der Waals surface area contributed by atoms with Crippen molar-refractivity contribution in [2.45, 2.75) is 10.6 Å². The van der Waals surface area contributed by atoms with Gasteiger partial charge in [0, 0.05) is 0 Å². The number of sulfone groups is 1. The van der Waals surface area contributed by atoms with Crippen molar-refractivity contribution in [3.8, 4) is 6.07 Å². The number of hydrogen-bond acceptors (Lipinski definition) is 3. The fraction of sp³-hybridized carbons (Fsp3) is 0.0714. The van der Waals surface area contributed by atoms with Crippen LogP contribution in [0.1, 0.15) is 11.1 Å². The van der Waals surface area contributed by atoms with E-state index in [-0.39, 0.29) is 10.6 Å². The van der Waals surface area contributed by atoms with E-state index in [1.807, 2.05) is 6.07 Å². The number of nitrogens with zero attached hydrogens (tertiary/aromatic N) is 1. The predicted molar refractivity (Wildman–Crippen MR) is 68.4 cm³/mol. The van der Waals surface area contributed by atoms with Gasteiger partial charge in [-0.1, -0.05) is 12.1 Å². The minimum absolute atomic E-state index is 0.0660. The second-order valence-electron chi connectivity index (χ2n) is 4.03. The molecule has 0 aliphatic rings. The Kier molecular flexibility index (Phi) is 3.63. The van der Waals surface area contributed by atoms with E-state index in [4.69, 9.17) is 5.26 Å². The molecule has 0 atom stereocenters. The maximum Gasteiger partial charge on any atom is 0.182 e. The summed E-state index contributed by atoms with van der Waals surface area (Å²) in [5, 5.41) is 8.77. The first-order chi connectivity index (χ1) is 9.01. The van der Waals surface area contributed by atoms with Gasteiger partial charge in [-0.15, -0.1) is 0 Å². The van der Waals surface area contributed by atoms with Crippen LogP contribution in [0.15, 0.2) is 53.4 Å². The lowest BCUT2D eigenvalue weighted by atomic mass is 10.2. The summed E-state index contributed by atoms with van der Waals surface area (Å²) in [7, 11) is -3.53. The molecule has 0 unspecified atom stereocenters. The molecule has 96 valence electrons. The molecule has 0 bridgehead atoms. The fourth-order valence-electron chi connectivity index (χ4n) is 1.68. The van der Waals surface area contributed by atoms with E-state index in [2.05, 4.69) is 0 Å². The van der Waals surface area contributed by atoms with Crippen molar-refractivity contribution in [2.24, 2.45) is 0 Å². The summed E-state index contributed by atoms with van der Waals surface area (Å²) in [6.07, 6.45) is 0. The third-order valence-corrected chi connectivity index (χ3v) is 4.29. The lowest BCUT2D eigenvalue weighted by molar-refractivity contribution is 0.594. The van der Waals surface area contributed by atoms with Crippen LogP contribution in [0.3, 0.4) is 0 Å². The standard InChI is InChI=1S/C14H10FNO2S/c15-13-4-6-14(7-5-13)19(17,18)10-12-3-1-2-11(8-12)9-16/h1-8H,10H2. The van der Waals surface area contributed by atoms with E-state index < -0.39 is 15.7 Å². The van der Waals surface area contributed by atoms with Crippen LogP contribution in [0.2, 0.25) is 0 Å². The zero-order valence-electron chi connectivity index (χ0n) is 9.88. The van der Waals surface area contributed by atoms with Gasteiger partial charge in [0.1, 0.15) is 5.82 Å². The van der Waals surface area contributed by atoms with Gasteiger partial charge < -0.3 is 0 Å². The summed E-state index contributed by atoms with van der Waals surface area (Å²) in [6, 6.07) is 13.1. The molecule has 0 saturated heterocycles. The summed E-state index contributed by atoms with van der Waals surface area (Å²) in [4.78, 5) is 0.0660. The Morgan fingerprint density at radius 2 is 1.79 bits per heavy atom. The molecule has 0 amide bonds. The van der Waals surface area contributed by atoms with Crippen molar-refractivity contribution < 1.29 is 12.8 Å². The first-order valence-electron chi connectivity index (χ1n) is 5.49. The smallest absolute Gasteiger partial charge is 0.182 e. The summed E-state index contributed by atoms with van der Waals surface area (Å²) in [6.45, 7) is 0. The van der Waals surface area contributed by atoms with Crippen molar-refractivity contribution >= 4 is 9.84 Å². The average molecular weight is 275 g/mol. The zero-order valence-corrected chi connectivity index (χ0v) is 10.7. The van der Waals surface area contributed by atoms with Crippen molar-refractivity contribution in [1.82, 2.24) is 0 Å². The monoisotopic (exact) mass is 275 g/mol. The summed E-state index contributed by atoms with van der Waals surface area (Å²) < 4.78 is 37.0. The maximum atomic E-state index is 12.8. The van der Waals surface area contributed by atoms with Gasteiger partial charge in [0.15, 0.2) is 9.84 Å². The van der Waals surface area contributed by atoms with Crippen LogP contribution >= 0.6 is 0 Å². The van der Waals surface area contributed by atoms with Gasteiger partial charge in [-0.05, 0) is 42.0 Å². The highest BCUT2D eigenvalue weighted by Crippen LogP contribution is 2.17. The van der Waals surface area contributed by atoms with Crippen molar-refractivity contribution in [3.63, 3.8) is 0 Å². The molecule has 0 aliphatic heterocycles. The Balaban J connectivity index is 2.31. The summed E-state index contributed by atoms with van der Waals surface area (Å²) >= 11 is 0. The number of nitriles is 1. The Labute approximate surface area is 110 Å². The molecular weight excluding hydrogens is 265 g/mol. The van der Waals surface area contributed by atoms with Crippen LogP contribution in [0.25, 0.3) is 0 Å². The summed E-state index contributed by atoms with van der Waals surface area (Å²) in [5.74, 6) is -0.695. The number of hydrogen-bond donors (Lipinski definition) is 0. The minimum atomic E-state index is -3.53. The second kappa shape index (κ2) is 5.21. The third-order valence-electron chi connectivity index (χ3n) is 2.59. The van der Waals surface area contributed by atoms with Crippen molar-refractivity contribution in [1.29, 1.82) is 5.26 Å². The van der Waals surface area contributed by atoms with Crippen LogP contribution in [-0.4, -0.2) is 8.42 Å². The lowest BCUT2D eigenvalue weighted by Crippen LogP contribution is -2.05. The number of rotatable bonds is 3. The van der Waals surface area contributed by atoms with Crippen LogP contribution in [-0.2, 0) is 15.6 Å². The topological polar surface area (TPSA) is 57.9 Å². The number of benzene rings is 2. The van der Waals surface area contributed by atoms with Crippen LogP contribution in [0.5, 0.6) is 0 Å². The molecule has 2 aromatic carbocycles. The molecule has 0 heterocycles. The molecule has 2 aromatic rings. The SMILES string of the molecule is N#Cc1cccc(CS(=O)(=O)c2ccc(F)cc2)c1. The van der Waals surface area contributed by atoms with E-state index in [0.29, 0.717) is 11.1 Å². The molecule has 2 rings (SSSR count). The average Bonchev–Trinajstić information content (AvgIpc) is 2.39. The van der Waals surface area contributed by atoms with Gasteiger partial charge in [-0.3, -0.25) is 0 Å². The Hall–Kier alpha value is -2.19. The predicted octanol–water partition coefficient (Wildman–Crippen LogP) is 2.67. The molecule has 0 spiro atoms. The van der Waals surface area contributed by atoms with Crippen LogP contribution in [0.4, 0.5) is 4.39 Å². The van der Waals surface area contributed by atoms with Crippen LogP contribution < -0.4 is 0 Å². The fourth-order valence-corrected chi connectivity index (χ4v) is 3.01. The Morgan fingerprint density at radius 1 is 1.11 bits per heavy atom. The second-order valence-corrected chi connectivity index (χ2v) is 6.01. The quantitative estimate of drug-likeness (QED) is 0.809. The molecule has 0 aliphatic carbocycles. The Morgan fingerprint density at radius 3 is 2.42 bits per heavy atom. The van der Waals surface area contributed by atoms with Crippen molar-refractivity contribution in [2.75, 3.05) is 0 Å². The van der Waals surface area contributed by atoms with Gasteiger partial charge in [-0.25, -0.2) is 12.8 Å². The lowest BCUT2D eigenvalue weighted by Gasteiger charge is -2.05. The van der Waals surface area contributed by atoms with E-state index in [9.17, 15) is 12.8 Å². The van der Waals surface area contributed by atoms with E-state index in [1.54, 1.807) is 18.2 Å². The zero-order chi connectivity index (χ0) is 13.9.